The molecule has 2 heterocycles. The summed E-state index contributed by atoms with van der Waals surface area (Å²) in [5, 5.41) is 16.4. The molecule has 3 aromatic rings. The molecule has 0 spiro atoms. The van der Waals surface area contributed by atoms with Crippen LogP contribution in [0, 0.1) is 0 Å². The normalized spacial score (nSPS) is 11.4. The molecule has 0 atom stereocenters. The minimum Gasteiger partial charge on any atom is -0.390 e. The van der Waals surface area contributed by atoms with Crippen LogP contribution in [-0.4, -0.2) is 36.7 Å². The van der Waals surface area contributed by atoms with Gasteiger partial charge in [0.25, 0.3) is 5.91 Å². The van der Waals surface area contributed by atoms with Gasteiger partial charge in [-0.15, -0.1) is 0 Å². The Bertz CT molecular complexity index is 903. The van der Waals surface area contributed by atoms with Crippen molar-refractivity contribution in [3.05, 3.63) is 59.7 Å². The highest BCUT2D eigenvalue weighted by Crippen LogP contribution is 2.14. The van der Waals surface area contributed by atoms with Gasteiger partial charge in [0.2, 0.25) is 17.5 Å². The fourth-order valence-corrected chi connectivity index (χ4v) is 2.41. The third-order valence-corrected chi connectivity index (χ3v) is 3.85. The quantitative estimate of drug-likeness (QED) is 0.657. The van der Waals surface area contributed by atoms with Gasteiger partial charge < -0.3 is 14.9 Å². The number of nitrogens with zero attached hydrogens (tertiary/aromatic N) is 4. The van der Waals surface area contributed by atoms with Crippen LogP contribution in [0.2, 0.25) is 0 Å². The van der Waals surface area contributed by atoms with Gasteiger partial charge in [-0.3, -0.25) is 4.79 Å². The zero-order chi connectivity index (χ0) is 19.3. The molecule has 0 aliphatic heterocycles. The van der Waals surface area contributed by atoms with E-state index in [1.165, 1.54) is 0 Å². The highest BCUT2D eigenvalue weighted by molar-refractivity contribution is 5.94. The van der Waals surface area contributed by atoms with Crippen LogP contribution in [-0.2, 0) is 13.0 Å². The van der Waals surface area contributed by atoms with Gasteiger partial charge in [-0.05, 0) is 50.5 Å². The van der Waals surface area contributed by atoms with Crippen molar-refractivity contribution in [3.63, 3.8) is 0 Å². The molecule has 0 bridgehead atoms. The van der Waals surface area contributed by atoms with Gasteiger partial charge in [0.05, 0.1) is 12.1 Å². The number of carbonyl (C=O) groups excluding carboxylic acids is 1. The SMILES string of the molecule is CC(C)(O)CCc1cccc(C(=O)NCc2nc(-c3ncccn3)no2)c1. The van der Waals surface area contributed by atoms with Crippen LogP contribution in [0.25, 0.3) is 11.6 Å². The number of rotatable bonds is 7. The number of carbonyl (C=O) groups is 1. The molecule has 0 saturated carbocycles. The Labute approximate surface area is 156 Å². The molecule has 0 radical (unpaired) electrons. The lowest BCUT2D eigenvalue weighted by molar-refractivity contribution is 0.0714. The van der Waals surface area contributed by atoms with Crippen LogP contribution in [0.1, 0.15) is 42.1 Å². The van der Waals surface area contributed by atoms with E-state index in [1.807, 2.05) is 18.2 Å². The first-order valence-electron chi connectivity index (χ1n) is 8.60. The maximum atomic E-state index is 12.4. The first-order chi connectivity index (χ1) is 12.9. The van der Waals surface area contributed by atoms with Crippen LogP contribution in [0.3, 0.4) is 0 Å². The predicted molar refractivity (Wildman–Crippen MR) is 97.6 cm³/mol. The van der Waals surface area contributed by atoms with E-state index < -0.39 is 5.60 Å². The van der Waals surface area contributed by atoms with E-state index in [0.29, 0.717) is 24.2 Å². The van der Waals surface area contributed by atoms with Gasteiger partial charge in [0, 0.05) is 18.0 Å². The fourth-order valence-electron chi connectivity index (χ4n) is 2.41. The molecule has 1 amide bonds. The number of aromatic nitrogens is 4. The molecule has 27 heavy (non-hydrogen) atoms. The molecule has 2 N–H and O–H groups in total. The summed E-state index contributed by atoms with van der Waals surface area (Å²) in [6.45, 7) is 3.64. The summed E-state index contributed by atoms with van der Waals surface area (Å²) in [4.78, 5) is 24.6. The van der Waals surface area contributed by atoms with Crippen molar-refractivity contribution in [3.8, 4) is 11.6 Å². The fraction of sp³-hybridized carbons (Fsp3) is 0.316. The Morgan fingerprint density at radius 3 is 2.70 bits per heavy atom. The van der Waals surface area contributed by atoms with Gasteiger partial charge >= 0.3 is 0 Å². The van der Waals surface area contributed by atoms with Crippen molar-refractivity contribution in [2.45, 2.75) is 38.8 Å². The summed E-state index contributed by atoms with van der Waals surface area (Å²) in [6.07, 6.45) is 4.48. The van der Waals surface area contributed by atoms with Gasteiger partial charge in [0.15, 0.2) is 0 Å². The van der Waals surface area contributed by atoms with Crippen LogP contribution < -0.4 is 5.32 Å². The van der Waals surface area contributed by atoms with Gasteiger partial charge in [-0.1, -0.05) is 17.3 Å². The smallest absolute Gasteiger partial charge is 0.251 e. The second-order valence-corrected chi connectivity index (χ2v) is 6.78. The molecule has 8 nitrogen and oxygen atoms in total. The van der Waals surface area contributed by atoms with Crippen molar-refractivity contribution < 1.29 is 14.4 Å². The predicted octanol–water partition coefficient (Wildman–Crippen LogP) is 2.16. The molecule has 0 fully saturated rings. The maximum Gasteiger partial charge on any atom is 0.251 e. The second-order valence-electron chi connectivity index (χ2n) is 6.78. The van der Waals surface area contributed by atoms with Crippen molar-refractivity contribution in [2.75, 3.05) is 0 Å². The molecule has 0 aliphatic carbocycles. The summed E-state index contributed by atoms with van der Waals surface area (Å²) in [7, 11) is 0. The Morgan fingerprint density at radius 1 is 1.19 bits per heavy atom. The molecule has 0 aliphatic rings. The van der Waals surface area contributed by atoms with E-state index in [-0.39, 0.29) is 24.2 Å². The number of hydrogen-bond donors (Lipinski definition) is 2. The van der Waals surface area contributed by atoms with E-state index in [1.54, 1.807) is 38.4 Å². The van der Waals surface area contributed by atoms with Crippen LogP contribution in [0.15, 0.2) is 47.2 Å². The topological polar surface area (TPSA) is 114 Å². The molecule has 0 unspecified atom stereocenters. The van der Waals surface area contributed by atoms with Gasteiger partial charge in [-0.25, -0.2) is 9.97 Å². The van der Waals surface area contributed by atoms with Crippen molar-refractivity contribution in [2.24, 2.45) is 0 Å². The minimum atomic E-state index is -0.740. The van der Waals surface area contributed by atoms with Gasteiger partial charge in [-0.2, -0.15) is 4.98 Å². The summed E-state index contributed by atoms with van der Waals surface area (Å²) >= 11 is 0. The average molecular weight is 367 g/mol. The van der Waals surface area contributed by atoms with Crippen molar-refractivity contribution in [1.82, 2.24) is 25.4 Å². The molecular weight excluding hydrogens is 346 g/mol. The first kappa shape index (κ1) is 18.7. The monoisotopic (exact) mass is 367 g/mol. The average Bonchev–Trinajstić information content (AvgIpc) is 3.14. The molecule has 1 aromatic carbocycles. The van der Waals surface area contributed by atoms with Crippen molar-refractivity contribution in [1.29, 1.82) is 0 Å². The van der Waals surface area contributed by atoms with Crippen molar-refractivity contribution >= 4 is 5.91 Å². The number of nitrogens with one attached hydrogen (secondary N) is 1. The molecule has 2 aromatic heterocycles. The Hall–Kier alpha value is -3.13. The lowest BCUT2D eigenvalue weighted by Gasteiger charge is -2.16. The largest absolute Gasteiger partial charge is 0.390 e. The van der Waals surface area contributed by atoms with Crippen LogP contribution in [0.5, 0.6) is 0 Å². The van der Waals surface area contributed by atoms with E-state index >= 15 is 0 Å². The van der Waals surface area contributed by atoms with E-state index in [4.69, 9.17) is 4.52 Å². The van der Waals surface area contributed by atoms with Crippen LogP contribution >= 0.6 is 0 Å². The lowest BCUT2D eigenvalue weighted by Crippen LogP contribution is -2.23. The molecular formula is C19H21N5O3. The Kier molecular flexibility index (Phi) is 5.56. The number of aliphatic hydroxyl groups is 1. The minimum absolute atomic E-state index is 0.104. The summed E-state index contributed by atoms with van der Waals surface area (Å²) < 4.78 is 5.12. The first-order valence-corrected chi connectivity index (χ1v) is 8.60. The summed E-state index contributed by atoms with van der Waals surface area (Å²) in [5.74, 6) is 0.659. The number of benzene rings is 1. The number of amides is 1. The Balaban J connectivity index is 1.59. The number of hydrogen-bond acceptors (Lipinski definition) is 7. The van der Waals surface area contributed by atoms with E-state index in [2.05, 4.69) is 25.4 Å². The zero-order valence-electron chi connectivity index (χ0n) is 15.2. The maximum absolute atomic E-state index is 12.4. The highest BCUT2D eigenvalue weighted by Gasteiger charge is 2.14. The zero-order valence-corrected chi connectivity index (χ0v) is 15.2. The van der Waals surface area contributed by atoms with Crippen LogP contribution in [0.4, 0.5) is 0 Å². The van der Waals surface area contributed by atoms with Gasteiger partial charge in [0.1, 0.15) is 0 Å². The Morgan fingerprint density at radius 2 is 1.96 bits per heavy atom. The standard InChI is InChI=1S/C19H21N5O3/c1-19(2,26)8-7-13-5-3-6-14(11-13)18(25)22-12-15-23-17(24-27-15)16-20-9-4-10-21-16/h3-6,9-11,26H,7-8,12H2,1-2H3,(H,22,25). The third kappa shape index (κ3) is 5.42. The summed E-state index contributed by atoms with van der Waals surface area (Å²) in [5.41, 5.74) is 0.789. The lowest BCUT2D eigenvalue weighted by atomic mass is 9.98. The van der Waals surface area contributed by atoms with E-state index in [0.717, 1.165) is 5.56 Å². The molecule has 0 saturated heterocycles. The second kappa shape index (κ2) is 8.05. The van der Waals surface area contributed by atoms with E-state index in [9.17, 15) is 9.90 Å². The summed E-state index contributed by atoms with van der Waals surface area (Å²) in [6, 6.07) is 9.01. The molecule has 3 rings (SSSR count). The third-order valence-electron chi connectivity index (χ3n) is 3.85. The molecule has 140 valence electrons. The highest BCUT2D eigenvalue weighted by atomic mass is 16.5. The number of aryl methyl sites for hydroxylation is 1. The molecule has 8 heteroatoms.